The second kappa shape index (κ2) is 7.71. The van der Waals surface area contributed by atoms with Crippen LogP contribution >= 0.6 is 0 Å². The lowest BCUT2D eigenvalue weighted by molar-refractivity contribution is -0.143. The van der Waals surface area contributed by atoms with Crippen LogP contribution in [0.1, 0.15) is 53.0 Å². The minimum absolute atomic E-state index is 0.0229. The van der Waals surface area contributed by atoms with Gasteiger partial charge < -0.3 is 14.0 Å². The van der Waals surface area contributed by atoms with E-state index in [4.69, 9.17) is 14.0 Å². The molecule has 1 aliphatic heterocycles. The minimum atomic E-state index is -0.392. The normalized spacial score (nSPS) is 20.0. The van der Waals surface area contributed by atoms with Crippen LogP contribution in [0, 0.1) is 0 Å². The lowest BCUT2D eigenvalue weighted by Gasteiger charge is -2.32. The summed E-state index contributed by atoms with van der Waals surface area (Å²) in [5.41, 5.74) is 0.470. The molecule has 0 bridgehead atoms. The van der Waals surface area contributed by atoms with E-state index in [1.54, 1.807) is 0 Å². The first kappa shape index (κ1) is 19.0. The predicted octanol–water partition coefficient (Wildman–Crippen LogP) is 4.03. The molecule has 0 saturated carbocycles. The third-order valence-electron chi connectivity index (χ3n) is 5.04. The summed E-state index contributed by atoms with van der Waals surface area (Å²) in [6.07, 6.45) is 2.02. The third kappa shape index (κ3) is 4.61. The number of rotatable bonds is 7. The molecule has 1 saturated heterocycles. The molecule has 1 fully saturated rings. The first-order valence-electron chi connectivity index (χ1n) is 8.80. The number of ether oxygens (including phenoxy) is 1. The highest BCUT2D eigenvalue weighted by Gasteiger charge is 2.53. The Balaban J connectivity index is 2.07. The molecular weight excluding hydrogens is 303 g/mol. The fourth-order valence-corrected chi connectivity index (χ4v) is 2.85. The molecule has 132 valence electrons. The standard InChI is InChI=1S/C19H29BO4/c1-6-22-17(21)14-16(13-12-15-10-8-7-9-11-15)20-23-18(2,3)19(4,5)24-20/h7-11,16H,6,12-14H2,1-5H3/t16-/m1/s1. The molecule has 0 spiro atoms. The van der Waals surface area contributed by atoms with Crippen LogP contribution in [-0.4, -0.2) is 30.9 Å². The van der Waals surface area contributed by atoms with Gasteiger partial charge in [-0.1, -0.05) is 30.3 Å². The largest absolute Gasteiger partial charge is 0.466 e. The van der Waals surface area contributed by atoms with Gasteiger partial charge in [-0.2, -0.15) is 0 Å². The van der Waals surface area contributed by atoms with E-state index >= 15 is 0 Å². The average molecular weight is 332 g/mol. The minimum Gasteiger partial charge on any atom is -0.466 e. The summed E-state index contributed by atoms with van der Waals surface area (Å²) in [4.78, 5) is 12.0. The Hall–Kier alpha value is -1.33. The van der Waals surface area contributed by atoms with Gasteiger partial charge in [0.1, 0.15) is 0 Å². The van der Waals surface area contributed by atoms with Gasteiger partial charge in [0.15, 0.2) is 0 Å². The van der Waals surface area contributed by atoms with E-state index in [9.17, 15) is 4.79 Å². The van der Waals surface area contributed by atoms with Gasteiger partial charge in [-0.15, -0.1) is 0 Å². The lowest BCUT2D eigenvalue weighted by atomic mass is 9.67. The van der Waals surface area contributed by atoms with Crippen LogP contribution in [0.3, 0.4) is 0 Å². The number of benzene rings is 1. The van der Waals surface area contributed by atoms with Crippen LogP contribution in [0.25, 0.3) is 0 Å². The lowest BCUT2D eigenvalue weighted by Crippen LogP contribution is -2.41. The molecule has 0 N–H and O–H groups in total. The van der Waals surface area contributed by atoms with E-state index in [0.29, 0.717) is 13.0 Å². The number of hydrogen-bond donors (Lipinski definition) is 0. The maximum Gasteiger partial charge on any atom is 0.461 e. The molecule has 0 unspecified atom stereocenters. The molecule has 5 heteroatoms. The van der Waals surface area contributed by atoms with E-state index in [1.807, 2.05) is 52.8 Å². The van der Waals surface area contributed by atoms with Crippen molar-refractivity contribution in [2.45, 2.75) is 70.9 Å². The quantitative estimate of drug-likeness (QED) is 0.558. The van der Waals surface area contributed by atoms with E-state index in [0.717, 1.165) is 12.8 Å². The molecule has 1 aromatic rings. The Morgan fingerprint density at radius 2 is 1.71 bits per heavy atom. The maximum atomic E-state index is 12.0. The molecule has 0 radical (unpaired) electrons. The zero-order valence-electron chi connectivity index (χ0n) is 15.5. The van der Waals surface area contributed by atoms with Crippen LogP contribution in [0.2, 0.25) is 5.82 Å². The number of hydrogen-bond acceptors (Lipinski definition) is 4. The van der Waals surface area contributed by atoms with Crippen LogP contribution in [0.5, 0.6) is 0 Å². The Bertz CT molecular complexity index is 526. The van der Waals surface area contributed by atoms with Crippen molar-refractivity contribution >= 4 is 13.1 Å². The van der Waals surface area contributed by atoms with Crippen LogP contribution in [-0.2, 0) is 25.3 Å². The Morgan fingerprint density at radius 3 is 2.25 bits per heavy atom. The van der Waals surface area contributed by atoms with Gasteiger partial charge in [0, 0.05) is 12.2 Å². The van der Waals surface area contributed by atoms with Gasteiger partial charge in [-0.05, 0) is 53.0 Å². The highest BCUT2D eigenvalue weighted by Crippen LogP contribution is 2.42. The van der Waals surface area contributed by atoms with Crippen molar-refractivity contribution in [2.75, 3.05) is 6.61 Å². The molecule has 0 amide bonds. The first-order valence-corrected chi connectivity index (χ1v) is 8.80. The number of aryl methyl sites for hydroxylation is 1. The fourth-order valence-electron chi connectivity index (χ4n) is 2.85. The topological polar surface area (TPSA) is 44.8 Å². The number of carbonyl (C=O) groups is 1. The van der Waals surface area contributed by atoms with E-state index in [2.05, 4.69) is 12.1 Å². The molecule has 1 aromatic carbocycles. The fraction of sp³-hybridized carbons (Fsp3) is 0.632. The summed E-state index contributed by atoms with van der Waals surface area (Å²) in [5, 5.41) is 0. The zero-order chi connectivity index (χ0) is 17.8. The van der Waals surface area contributed by atoms with Gasteiger partial charge in [-0.25, -0.2) is 0 Å². The second-order valence-electron chi connectivity index (χ2n) is 7.42. The van der Waals surface area contributed by atoms with Crippen LogP contribution < -0.4 is 0 Å². The van der Waals surface area contributed by atoms with Crippen LogP contribution in [0.4, 0.5) is 0 Å². The van der Waals surface area contributed by atoms with Crippen molar-refractivity contribution in [1.29, 1.82) is 0 Å². The molecule has 2 rings (SSSR count). The van der Waals surface area contributed by atoms with Crippen molar-refractivity contribution in [3.63, 3.8) is 0 Å². The van der Waals surface area contributed by atoms with Crippen molar-refractivity contribution in [1.82, 2.24) is 0 Å². The highest BCUT2D eigenvalue weighted by atomic mass is 16.7. The summed E-state index contributed by atoms with van der Waals surface area (Å²) in [6, 6.07) is 10.3. The SMILES string of the molecule is CCOC(=O)C[C@@H](CCc1ccccc1)B1OC(C)(C)C(C)(C)O1. The smallest absolute Gasteiger partial charge is 0.461 e. The number of carbonyl (C=O) groups excluding carboxylic acids is 1. The molecule has 4 nitrogen and oxygen atoms in total. The Labute approximate surface area is 146 Å². The summed E-state index contributed by atoms with van der Waals surface area (Å²) in [5.74, 6) is -0.212. The van der Waals surface area contributed by atoms with E-state index in [1.165, 1.54) is 5.56 Å². The van der Waals surface area contributed by atoms with Crippen LogP contribution in [0.15, 0.2) is 30.3 Å². The Morgan fingerprint density at radius 1 is 1.12 bits per heavy atom. The summed E-state index contributed by atoms with van der Waals surface area (Å²) in [7, 11) is -0.386. The molecule has 0 aromatic heterocycles. The average Bonchev–Trinajstić information content (AvgIpc) is 2.73. The zero-order valence-corrected chi connectivity index (χ0v) is 15.5. The molecule has 1 aliphatic rings. The highest BCUT2D eigenvalue weighted by molar-refractivity contribution is 6.47. The third-order valence-corrected chi connectivity index (χ3v) is 5.04. The van der Waals surface area contributed by atoms with Gasteiger partial charge in [0.2, 0.25) is 0 Å². The van der Waals surface area contributed by atoms with Crippen molar-refractivity contribution < 1.29 is 18.8 Å². The summed E-state index contributed by atoms with van der Waals surface area (Å²) in [6.45, 7) is 10.4. The van der Waals surface area contributed by atoms with Gasteiger partial charge in [0.05, 0.1) is 17.8 Å². The van der Waals surface area contributed by atoms with E-state index in [-0.39, 0.29) is 18.9 Å². The summed E-state index contributed by atoms with van der Waals surface area (Å²) >= 11 is 0. The molecule has 24 heavy (non-hydrogen) atoms. The van der Waals surface area contributed by atoms with Gasteiger partial charge in [0.25, 0.3) is 0 Å². The first-order chi connectivity index (χ1) is 11.2. The second-order valence-corrected chi connectivity index (χ2v) is 7.42. The molecule has 0 aliphatic carbocycles. The van der Waals surface area contributed by atoms with Crippen molar-refractivity contribution in [2.24, 2.45) is 0 Å². The Kier molecular flexibility index (Phi) is 6.10. The summed E-state index contributed by atoms with van der Waals surface area (Å²) < 4.78 is 17.5. The number of esters is 1. The molecule has 1 atom stereocenters. The van der Waals surface area contributed by atoms with Gasteiger partial charge in [-0.3, -0.25) is 4.79 Å². The van der Waals surface area contributed by atoms with Gasteiger partial charge >= 0.3 is 13.1 Å². The predicted molar refractivity (Wildman–Crippen MR) is 95.8 cm³/mol. The molecular formula is C19H29BO4. The van der Waals surface area contributed by atoms with Crippen molar-refractivity contribution in [3.8, 4) is 0 Å². The molecule has 1 heterocycles. The van der Waals surface area contributed by atoms with Crippen molar-refractivity contribution in [3.05, 3.63) is 35.9 Å². The monoisotopic (exact) mass is 332 g/mol. The maximum absolute atomic E-state index is 12.0. The van der Waals surface area contributed by atoms with E-state index < -0.39 is 11.2 Å².